The quantitative estimate of drug-likeness (QED) is 0.819. The average molecular weight is 289 g/mol. The van der Waals surface area contributed by atoms with Crippen molar-refractivity contribution in [3.8, 4) is 0 Å². The Hall–Kier alpha value is -1.71. The number of likely N-dealkylation sites (N-methyl/N-ethyl adjacent to an activating group) is 1. The molecule has 3 N–H and O–H groups in total. The molecule has 21 heavy (non-hydrogen) atoms. The molecule has 1 unspecified atom stereocenters. The van der Waals surface area contributed by atoms with Gasteiger partial charge in [-0.05, 0) is 51.0 Å². The van der Waals surface area contributed by atoms with Crippen molar-refractivity contribution < 1.29 is 4.79 Å². The number of carbonyl (C=O) groups excluding carboxylic acids is 1. The van der Waals surface area contributed by atoms with E-state index >= 15 is 0 Å². The van der Waals surface area contributed by atoms with Crippen LogP contribution in [0.25, 0.3) is 0 Å². The molecule has 116 valence electrons. The molecule has 0 bridgehead atoms. The summed E-state index contributed by atoms with van der Waals surface area (Å²) in [6.07, 6.45) is 6.00. The van der Waals surface area contributed by atoms with Crippen molar-refractivity contribution in [2.75, 3.05) is 17.2 Å². The van der Waals surface area contributed by atoms with Gasteiger partial charge >= 0.3 is 0 Å². The van der Waals surface area contributed by atoms with E-state index in [1.807, 2.05) is 31.2 Å². The highest BCUT2D eigenvalue weighted by atomic mass is 16.2. The van der Waals surface area contributed by atoms with Crippen molar-refractivity contribution in [2.45, 2.75) is 58.0 Å². The number of anilines is 2. The summed E-state index contributed by atoms with van der Waals surface area (Å²) in [5.74, 6) is 0.126. The third kappa shape index (κ3) is 4.13. The monoisotopic (exact) mass is 289 g/mol. The van der Waals surface area contributed by atoms with Gasteiger partial charge in [-0.3, -0.25) is 4.79 Å². The Kier molecular flexibility index (Phi) is 5.48. The van der Waals surface area contributed by atoms with Crippen LogP contribution in [0.2, 0.25) is 0 Å². The van der Waals surface area contributed by atoms with Crippen LogP contribution < -0.4 is 16.0 Å². The van der Waals surface area contributed by atoms with Crippen LogP contribution in [0.5, 0.6) is 0 Å². The molecular formula is C17H27N3O. The Morgan fingerprint density at radius 3 is 2.48 bits per heavy atom. The lowest BCUT2D eigenvalue weighted by Gasteiger charge is -2.31. The number of carbonyl (C=O) groups is 1. The molecule has 1 atom stereocenters. The minimum Gasteiger partial charge on any atom is -0.399 e. The van der Waals surface area contributed by atoms with Crippen molar-refractivity contribution in [1.82, 2.24) is 5.32 Å². The molecule has 0 radical (unpaired) electrons. The molecule has 0 spiro atoms. The summed E-state index contributed by atoms with van der Waals surface area (Å²) in [6.45, 7) is 4.84. The summed E-state index contributed by atoms with van der Waals surface area (Å²) in [6, 6.07) is 7.90. The van der Waals surface area contributed by atoms with E-state index in [2.05, 4.69) is 17.1 Å². The molecule has 2 rings (SSSR count). The number of nitrogens with two attached hydrogens (primary N) is 1. The van der Waals surface area contributed by atoms with Crippen molar-refractivity contribution >= 4 is 17.3 Å². The van der Waals surface area contributed by atoms with E-state index in [0.717, 1.165) is 30.8 Å². The first-order valence-corrected chi connectivity index (χ1v) is 8.04. The number of hydrogen-bond donors (Lipinski definition) is 2. The molecular weight excluding hydrogens is 262 g/mol. The van der Waals surface area contributed by atoms with Crippen LogP contribution in [0.15, 0.2) is 24.3 Å². The molecule has 0 aliphatic heterocycles. The summed E-state index contributed by atoms with van der Waals surface area (Å²) in [4.78, 5) is 14.6. The standard InChI is InChI=1S/C17H27N3O/c1-3-20(16-11-9-14(18)10-12-16)13(2)17(21)19-15-7-5-4-6-8-15/h9-13,15H,3-8,18H2,1-2H3,(H,19,21). The van der Waals surface area contributed by atoms with Crippen molar-refractivity contribution in [1.29, 1.82) is 0 Å². The number of benzene rings is 1. The molecule has 1 aromatic carbocycles. The van der Waals surface area contributed by atoms with Crippen LogP contribution in [0, 0.1) is 0 Å². The summed E-state index contributed by atoms with van der Waals surface area (Å²) in [5, 5.41) is 3.21. The van der Waals surface area contributed by atoms with Gasteiger partial charge in [0, 0.05) is 24.0 Å². The van der Waals surface area contributed by atoms with Gasteiger partial charge in [0.2, 0.25) is 5.91 Å². The Labute approximate surface area is 127 Å². The highest BCUT2D eigenvalue weighted by Gasteiger charge is 2.23. The lowest BCUT2D eigenvalue weighted by molar-refractivity contribution is -0.123. The molecule has 1 amide bonds. The van der Waals surface area contributed by atoms with Crippen LogP contribution in [0.1, 0.15) is 46.0 Å². The van der Waals surface area contributed by atoms with Crippen molar-refractivity contribution in [3.63, 3.8) is 0 Å². The van der Waals surface area contributed by atoms with Gasteiger partial charge in [0.15, 0.2) is 0 Å². The predicted molar refractivity (Wildman–Crippen MR) is 88.4 cm³/mol. The van der Waals surface area contributed by atoms with Crippen LogP contribution in [0.3, 0.4) is 0 Å². The van der Waals surface area contributed by atoms with Gasteiger partial charge in [-0.15, -0.1) is 0 Å². The number of nitrogens with zero attached hydrogens (tertiary/aromatic N) is 1. The second-order valence-corrected chi connectivity index (χ2v) is 5.90. The largest absolute Gasteiger partial charge is 0.399 e. The summed E-state index contributed by atoms with van der Waals surface area (Å²) in [5.41, 5.74) is 7.51. The maximum Gasteiger partial charge on any atom is 0.242 e. The zero-order valence-electron chi connectivity index (χ0n) is 13.1. The first-order chi connectivity index (χ1) is 10.1. The summed E-state index contributed by atoms with van der Waals surface area (Å²) in [7, 11) is 0. The maximum absolute atomic E-state index is 12.5. The van der Waals surface area contributed by atoms with Gasteiger partial charge in [0.25, 0.3) is 0 Å². The number of rotatable bonds is 5. The SMILES string of the molecule is CCN(c1ccc(N)cc1)C(C)C(=O)NC1CCCCC1. The van der Waals surface area contributed by atoms with Gasteiger partial charge in [-0.1, -0.05) is 19.3 Å². The third-order valence-corrected chi connectivity index (χ3v) is 4.36. The van der Waals surface area contributed by atoms with E-state index in [9.17, 15) is 4.79 Å². The lowest BCUT2D eigenvalue weighted by Crippen LogP contribution is -2.48. The fourth-order valence-corrected chi connectivity index (χ4v) is 3.06. The number of nitrogen functional groups attached to an aromatic ring is 1. The Morgan fingerprint density at radius 1 is 1.29 bits per heavy atom. The second kappa shape index (κ2) is 7.34. The zero-order chi connectivity index (χ0) is 15.2. The Balaban J connectivity index is 1.99. The highest BCUT2D eigenvalue weighted by molar-refractivity contribution is 5.85. The van der Waals surface area contributed by atoms with E-state index in [0.29, 0.717) is 6.04 Å². The van der Waals surface area contributed by atoms with E-state index in [1.54, 1.807) is 0 Å². The first kappa shape index (κ1) is 15.7. The predicted octanol–water partition coefficient (Wildman–Crippen LogP) is 2.93. The molecule has 4 nitrogen and oxygen atoms in total. The van der Waals surface area contributed by atoms with Gasteiger partial charge in [0.05, 0.1) is 0 Å². The smallest absolute Gasteiger partial charge is 0.242 e. The van der Waals surface area contributed by atoms with Crippen molar-refractivity contribution in [3.05, 3.63) is 24.3 Å². The average Bonchev–Trinajstić information content (AvgIpc) is 2.50. The molecule has 1 aliphatic carbocycles. The molecule has 1 saturated carbocycles. The fourth-order valence-electron chi connectivity index (χ4n) is 3.06. The first-order valence-electron chi connectivity index (χ1n) is 8.04. The van der Waals surface area contributed by atoms with Gasteiger partial charge in [0.1, 0.15) is 6.04 Å². The van der Waals surface area contributed by atoms with Gasteiger partial charge < -0.3 is 16.0 Å². The van der Waals surface area contributed by atoms with Crippen LogP contribution in [-0.2, 0) is 4.79 Å². The van der Waals surface area contributed by atoms with E-state index in [4.69, 9.17) is 5.73 Å². The van der Waals surface area contributed by atoms with Crippen LogP contribution in [0.4, 0.5) is 11.4 Å². The highest BCUT2D eigenvalue weighted by Crippen LogP contribution is 2.20. The van der Waals surface area contributed by atoms with Crippen LogP contribution in [-0.4, -0.2) is 24.5 Å². The number of amides is 1. The molecule has 0 aromatic heterocycles. The molecule has 0 saturated heterocycles. The zero-order valence-corrected chi connectivity index (χ0v) is 13.1. The summed E-state index contributed by atoms with van der Waals surface area (Å²) < 4.78 is 0. The molecule has 4 heteroatoms. The molecule has 1 fully saturated rings. The molecule has 1 aliphatic rings. The molecule has 0 heterocycles. The number of hydrogen-bond acceptors (Lipinski definition) is 3. The minimum absolute atomic E-state index is 0.126. The molecule has 1 aromatic rings. The normalized spacial score (nSPS) is 17.2. The Bertz CT molecular complexity index is 452. The summed E-state index contributed by atoms with van der Waals surface area (Å²) >= 11 is 0. The van der Waals surface area contributed by atoms with Crippen LogP contribution >= 0.6 is 0 Å². The van der Waals surface area contributed by atoms with Gasteiger partial charge in [-0.2, -0.15) is 0 Å². The Morgan fingerprint density at radius 2 is 1.90 bits per heavy atom. The number of nitrogens with one attached hydrogen (secondary N) is 1. The van der Waals surface area contributed by atoms with E-state index in [1.165, 1.54) is 19.3 Å². The minimum atomic E-state index is -0.166. The van der Waals surface area contributed by atoms with Gasteiger partial charge in [-0.25, -0.2) is 0 Å². The van der Waals surface area contributed by atoms with Crippen molar-refractivity contribution in [2.24, 2.45) is 0 Å². The maximum atomic E-state index is 12.5. The lowest BCUT2D eigenvalue weighted by atomic mass is 9.95. The third-order valence-electron chi connectivity index (χ3n) is 4.36. The van der Waals surface area contributed by atoms with E-state index < -0.39 is 0 Å². The second-order valence-electron chi connectivity index (χ2n) is 5.90. The van der Waals surface area contributed by atoms with E-state index in [-0.39, 0.29) is 11.9 Å². The topological polar surface area (TPSA) is 58.4 Å². The fraction of sp³-hybridized carbons (Fsp3) is 0.588.